The summed E-state index contributed by atoms with van der Waals surface area (Å²) in [6.45, 7) is 30.6. The Hall–Kier alpha value is -10.6. The molecule has 2 unspecified atom stereocenters. The number of rotatable bonds is 36. The van der Waals surface area contributed by atoms with Gasteiger partial charge in [0.1, 0.15) is 52.9 Å². The van der Waals surface area contributed by atoms with Crippen molar-refractivity contribution in [3.8, 4) is 0 Å². The Balaban J connectivity index is 1.12. The van der Waals surface area contributed by atoms with Gasteiger partial charge < -0.3 is 47.4 Å². The molecule has 5 aromatic rings. The molecular formula is C76H80Cl2N2O24. The van der Waals surface area contributed by atoms with E-state index in [1.165, 1.54) is 65.8 Å². The highest BCUT2D eigenvalue weighted by Crippen LogP contribution is 2.51. The minimum Gasteiger partial charge on any atom is -0.463 e. The highest BCUT2D eigenvalue weighted by atomic mass is 35.5. The van der Waals surface area contributed by atoms with Gasteiger partial charge in [-0.3, -0.25) is 48.2 Å². The largest absolute Gasteiger partial charge is 0.463 e. The topological polar surface area (TPSA) is 338 Å². The molecule has 2 aliphatic heterocycles. The molecule has 5 aromatic carbocycles. The monoisotopic (exact) mass is 1470 g/mol. The lowest BCUT2D eigenvalue weighted by Crippen LogP contribution is -2.50. The van der Waals surface area contributed by atoms with Crippen molar-refractivity contribution in [2.24, 2.45) is 11.8 Å². The quantitative estimate of drug-likeness (QED) is 0.00897. The molecule has 2 aliphatic rings. The summed E-state index contributed by atoms with van der Waals surface area (Å²) in [6, 6.07) is 6.88. The lowest BCUT2D eigenvalue weighted by molar-refractivity contribution is -0.194. The summed E-state index contributed by atoms with van der Waals surface area (Å²) in [4.78, 5) is 192. The molecule has 0 aliphatic carbocycles. The van der Waals surface area contributed by atoms with Crippen molar-refractivity contribution < 1.29 is 114 Å². The molecule has 4 amide bonds. The van der Waals surface area contributed by atoms with Crippen LogP contribution in [0.15, 0.2) is 109 Å². The van der Waals surface area contributed by atoms with Crippen LogP contribution in [0, 0.1) is 11.8 Å². The zero-order chi connectivity index (χ0) is 77.3. The molecule has 0 saturated heterocycles. The Bertz CT molecular complexity index is 4090. The van der Waals surface area contributed by atoms with Gasteiger partial charge in [-0.1, -0.05) is 103 Å². The van der Waals surface area contributed by atoms with Gasteiger partial charge in [-0.2, -0.15) is 0 Å². The fourth-order valence-corrected chi connectivity index (χ4v) is 12.1. The van der Waals surface area contributed by atoms with Crippen LogP contribution >= 0.6 is 23.2 Å². The molecule has 28 heteroatoms. The van der Waals surface area contributed by atoms with Gasteiger partial charge in [-0.05, 0) is 101 Å². The zero-order valence-corrected chi connectivity index (χ0v) is 60.9. The minimum atomic E-state index is -2.15. The molecule has 0 spiro atoms. The molecule has 2 atom stereocenters. The molecule has 2 heterocycles. The third-order valence-electron chi connectivity index (χ3n) is 16.5. The SMILES string of the molecule is C=C(C)C(=O)OCC(COC(=O)C(=C)C)(COC(=O)C(=C)C)OC(=O)CCC(=O)OCC(CC(C)C)N1C(=O)c2ccc3c4c(Cl)cc5c6c(ccc(c7c(Cl)cc(c2c37)C1=O)c64)C(=O)N(C(COC(=O)CCC(=O)OC(COC(=O)C(=C)C)(COC(=O)C(=C)C)COC(=O)C(=C)C)CC(C)C)C5=O. The highest BCUT2D eigenvalue weighted by Gasteiger charge is 2.46. The van der Waals surface area contributed by atoms with E-state index in [1.54, 1.807) is 12.1 Å². The third-order valence-corrected chi connectivity index (χ3v) is 17.1. The van der Waals surface area contributed by atoms with Gasteiger partial charge in [0.15, 0.2) is 0 Å². The van der Waals surface area contributed by atoms with E-state index in [2.05, 4.69) is 39.5 Å². The van der Waals surface area contributed by atoms with Crippen LogP contribution in [-0.4, -0.2) is 169 Å². The van der Waals surface area contributed by atoms with Crippen LogP contribution in [0.1, 0.15) is 149 Å². The van der Waals surface area contributed by atoms with Gasteiger partial charge >= 0.3 is 59.7 Å². The number of nitrogens with zero attached hydrogens (tertiary/aromatic N) is 2. The minimum absolute atomic E-state index is 0.00903. The molecular weight excluding hydrogens is 1400 g/mol. The van der Waals surface area contributed by atoms with E-state index in [0.29, 0.717) is 32.3 Å². The van der Waals surface area contributed by atoms with Crippen molar-refractivity contribution in [2.45, 2.75) is 131 Å². The van der Waals surface area contributed by atoms with Crippen LogP contribution in [0.2, 0.25) is 10.0 Å². The summed E-state index contributed by atoms with van der Waals surface area (Å²) in [5.74, 6) is -13.2. The maximum atomic E-state index is 15.1. The maximum absolute atomic E-state index is 15.1. The van der Waals surface area contributed by atoms with E-state index in [4.69, 9.17) is 70.6 Å². The molecule has 104 heavy (non-hydrogen) atoms. The number of hydrogen-bond donors (Lipinski definition) is 0. The summed E-state index contributed by atoms with van der Waals surface area (Å²) in [7, 11) is 0. The van der Waals surface area contributed by atoms with Gasteiger partial charge in [0.05, 0.1) is 48.9 Å². The summed E-state index contributed by atoms with van der Waals surface area (Å²) in [6.07, 6.45) is -2.39. The van der Waals surface area contributed by atoms with Crippen molar-refractivity contribution in [2.75, 3.05) is 52.9 Å². The lowest BCUT2D eigenvalue weighted by atomic mass is 9.81. The van der Waals surface area contributed by atoms with E-state index < -0.39 is 185 Å². The first-order chi connectivity index (χ1) is 48.7. The molecule has 0 bridgehead atoms. The second-order valence-electron chi connectivity index (χ2n) is 26.7. The predicted octanol–water partition coefficient (Wildman–Crippen LogP) is 11.0. The smallest absolute Gasteiger partial charge is 0.333 e. The van der Waals surface area contributed by atoms with E-state index >= 15 is 19.2 Å². The molecule has 0 aromatic heterocycles. The van der Waals surface area contributed by atoms with Gasteiger partial charge in [0.2, 0.25) is 11.2 Å². The van der Waals surface area contributed by atoms with Crippen molar-refractivity contribution in [3.05, 3.63) is 142 Å². The second-order valence-corrected chi connectivity index (χ2v) is 27.5. The third kappa shape index (κ3) is 18.4. The van der Waals surface area contributed by atoms with Crippen molar-refractivity contribution in [3.63, 3.8) is 0 Å². The molecule has 26 nitrogen and oxygen atoms in total. The Morgan fingerprint density at radius 2 is 0.615 bits per heavy atom. The molecule has 7 rings (SSSR count). The summed E-state index contributed by atoms with van der Waals surface area (Å²) < 4.78 is 54.3. The van der Waals surface area contributed by atoms with E-state index in [-0.39, 0.29) is 101 Å². The number of fused-ring (bicyclic) bond motifs is 2. The Kier molecular flexibility index (Phi) is 26.1. The number of esters is 10. The normalized spacial score (nSPS) is 13.3. The second kappa shape index (κ2) is 33.7. The van der Waals surface area contributed by atoms with E-state index in [0.717, 1.165) is 9.80 Å². The predicted molar refractivity (Wildman–Crippen MR) is 378 cm³/mol. The average molecular weight is 1480 g/mol. The number of hydrogen-bond acceptors (Lipinski definition) is 24. The Labute approximate surface area is 608 Å². The zero-order valence-electron chi connectivity index (χ0n) is 59.4. The Morgan fingerprint density at radius 3 is 0.865 bits per heavy atom. The first-order valence-electron chi connectivity index (χ1n) is 32.8. The van der Waals surface area contributed by atoms with Gasteiger partial charge in [0.25, 0.3) is 23.6 Å². The highest BCUT2D eigenvalue weighted by molar-refractivity contribution is 6.50. The van der Waals surface area contributed by atoms with Crippen LogP contribution in [0.4, 0.5) is 0 Å². The molecule has 0 fully saturated rings. The standard InChI is InChI=1S/C76H80Cl2N2O24/c1-37(2)25-45(29-95-55(81)21-23-57(83)103-75(31-97-69(89)39(5)6,32-98-70(90)40(7)8)33-99-71(91)41(9)10)79-65(85)49-19-17-47-62-54(78)28-52-60-50(20-18-48(64(60)62)61-53(77)27-51(67(79)87)59(49)63(47)61)66(86)80(68(52)88)46(26-38(3)4)30-96-56(82)22-24-58(84)104-76(34-100-72(92)42(11)12,35-101-73(93)43(13)14)36-102-74(94)44(15)16/h17-20,27-28,37-38,45-46H,5,7,9,11,13,15,21-26,29-36H2,1-4,6,8,10,12,14,16H3. The Morgan fingerprint density at radius 1 is 0.365 bits per heavy atom. The van der Waals surface area contributed by atoms with Crippen LogP contribution in [0.3, 0.4) is 0 Å². The number of halogens is 2. The van der Waals surface area contributed by atoms with Crippen molar-refractivity contribution in [1.82, 2.24) is 9.80 Å². The maximum Gasteiger partial charge on any atom is 0.333 e. The number of amides is 4. The van der Waals surface area contributed by atoms with Crippen LogP contribution < -0.4 is 0 Å². The van der Waals surface area contributed by atoms with Gasteiger partial charge in [0, 0.05) is 86.9 Å². The number of carbonyl (C=O) groups is 14. The molecule has 0 radical (unpaired) electrons. The summed E-state index contributed by atoms with van der Waals surface area (Å²) in [5, 5.41) is 2.75. The first-order valence-corrected chi connectivity index (χ1v) is 33.6. The number of benzene rings is 5. The van der Waals surface area contributed by atoms with E-state index in [9.17, 15) is 47.9 Å². The molecule has 0 saturated carbocycles. The van der Waals surface area contributed by atoms with Crippen molar-refractivity contribution in [1.29, 1.82) is 0 Å². The molecule has 552 valence electrons. The van der Waals surface area contributed by atoms with Gasteiger partial charge in [-0.15, -0.1) is 0 Å². The van der Waals surface area contributed by atoms with Crippen molar-refractivity contribution >= 4 is 150 Å². The number of ether oxygens (including phenoxy) is 10. The summed E-state index contributed by atoms with van der Waals surface area (Å²) >= 11 is 14.6. The van der Waals surface area contributed by atoms with Gasteiger partial charge in [-0.25, -0.2) is 28.8 Å². The first kappa shape index (κ1) is 80.7. The number of carbonyl (C=O) groups excluding carboxylic acids is 14. The fourth-order valence-electron chi connectivity index (χ4n) is 11.5. The summed E-state index contributed by atoms with van der Waals surface area (Å²) in [5.41, 5.74) is -4.42. The van der Waals surface area contributed by atoms with E-state index in [1.807, 2.05) is 27.7 Å². The fraction of sp³-hybridized carbons (Fsp3) is 0.395. The lowest BCUT2D eigenvalue weighted by Gasteiger charge is -2.36. The van der Waals surface area contributed by atoms with Crippen LogP contribution in [0.25, 0.3) is 43.1 Å². The number of imide groups is 2. The average Bonchev–Trinajstić information content (AvgIpc) is 0.682. The van der Waals surface area contributed by atoms with Crippen LogP contribution in [0.5, 0.6) is 0 Å². The molecule has 0 N–H and O–H groups in total. The van der Waals surface area contributed by atoms with Crippen LogP contribution in [-0.2, 0) is 95.3 Å².